The van der Waals surface area contributed by atoms with Crippen LogP contribution in [0.4, 0.5) is 0 Å². The first-order chi connectivity index (χ1) is 8.00. The minimum atomic E-state index is -0.697. The summed E-state index contributed by atoms with van der Waals surface area (Å²) in [6.45, 7) is 5.98. The van der Waals surface area contributed by atoms with E-state index in [2.05, 4.69) is 4.98 Å². The minimum Gasteiger partial charge on any atom is -0.382 e. The summed E-state index contributed by atoms with van der Waals surface area (Å²) in [6.07, 6.45) is 1.20. The lowest BCUT2D eigenvalue weighted by atomic mass is 10.0. The molecule has 2 rings (SSSR count). The van der Waals surface area contributed by atoms with Crippen molar-refractivity contribution in [1.29, 1.82) is 0 Å². The van der Waals surface area contributed by atoms with Gasteiger partial charge in [-0.1, -0.05) is 23.7 Å². The number of benzene rings is 1. The zero-order valence-corrected chi connectivity index (χ0v) is 11.0. The first-order valence-electron chi connectivity index (χ1n) is 5.59. The van der Waals surface area contributed by atoms with E-state index in [1.54, 1.807) is 0 Å². The second-order valence-electron chi connectivity index (χ2n) is 4.44. The van der Waals surface area contributed by atoms with Gasteiger partial charge in [-0.3, -0.25) is 0 Å². The quantitative estimate of drug-likeness (QED) is 0.837. The maximum atomic E-state index is 10.3. The van der Waals surface area contributed by atoms with Gasteiger partial charge >= 0.3 is 0 Å². The van der Waals surface area contributed by atoms with Gasteiger partial charge in [0, 0.05) is 16.8 Å². The topological polar surface area (TPSA) is 36.0 Å². The first-order valence-corrected chi connectivity index (χ1v) is 5.97. The average molecular weight is 250 g/mol. The van der Waals surface area contributed by atoms with E-state index in [1.807, 2.05) is 45.2 Å². The van der Waals surface area contributed by atoms with Crippen LogP contribution in [0, 0.1) is 20.8 Å². The number of nitrogens with one attached hydrogen (secondary N) is 1. The monoisotopic (exact) mass is 249 g/mol. The largest absolute Gasteiger partial charge is 0.382 e. The molecule has 0 saturated carbocycles. The molecule has 0 saturated heterocycles. The fraction of sp³-hybridized carbons (Fsp3) is 0.286. The molecule has 0 aliphatic rings. The highest BCUT2D eigenvalue weighted by molar-refractivity contribution is 6.31. The molecule has 90 valence electrons. The molecule has 3 heteroatoms. The molecule has 0 bridgehead atoms. The minimum absolute atomic E-state index is 0.601. The maximum Gasteiger partial charge on any atom is 0.120 e. The third-order valence-corrected chi connectivity index (χ3v) is 3.49. The van der Waals surface area contributed by atoms with E-state index in [-0.39, 0.29) is 0 Å². The molecule has 1 aromatic heterocycles. The highest BCUT2D eigenvalue weighted by Gasteiger charge is 2.18. The van der Waals surface area contributed by atoms with Gasteiger partial charge in [-0.2, -0.15) is 0 Å². The molecule has 2 N–H and O–H groups in total. The normalized spacial score (nSPS) is 12.8. The average Bonchev–Trinajstić information content (AvgIpc) is 2.59. The molecule has 0 fully saturated rings. The van der Waals surface area contributed by atoms with Gasteiger partial charge in [-0.25, -0.2) is 0 Å². The lowest BCUT2D eigenvalue weighted by molar-refractivity contribution is 0.215. The molecule has 0 aliphatic heterocycles. The van der Waals surface area contributed by atoms with Crippen LogP contribution >= 0.6 is 11.6 Å². The number of aliphatic hydroxyl groups is 1. The van der Waals surface area contributed by atoms with Gasteiger partial charge in [0.1, 0.15) is 6.10 Å². The Bertz CT molecular complexity index is 545. The molecule has 2 aromatic rings. The molecule has 1 heterocycles. The molecule has 17 heavy (non-hydrogen) atoms. The van der Waals surface area contributed by atoms with Crippen molar-refractivity contribution >= 4 is 11.6 Å². The summed E-state index contributed by atoms with van der Waals surface area (Å²) in [5.41, 5.74) is 4.86. The highest BCUT2D eigenvalue weighted by atomic mass is 35.5. The van der Waals surface area contributed by atoms with Crippen molar-refractivity contribution in [2.45, 2.75) is 26.9 Å². The molecule has 1 unspecified atom stereocenters. The number of halogens is 1. The Morgan fingerprint density at radius 3 is 2.47 bits per heavy atom. The van der Waals surface area contributed by atoms with E-state index in [9.17, 15) is 5.11 Å². The molecule has 0 amide bonds. The SMILES string of the molecule is Cc1ccc(C(O)c2[nH]cc(C)c2C)c(Cl)c1. The van der Waals surface area contributed by atoms with E-state index in [4.69, 9.17) is 11.6 Å². The molecule has 0 radical (unpaired) electrons. The van der Waals surface area contributed by atoms with Crippen molar-refractivity contribution in [3.63, 3.8) is 0 Å². The number of rotatable bonds is 2. The third-order valence-electron chi connectivity index (χ3n) is 3.16. The fourth-order valence-corrected chi connectivity index (χ4v) is 2.25. The van der Waals surface area contributed by atoms with Gasteiger partial charge in [0.2, 0.25) is 0 Å². The molecule has 0 aliphatic carbocycles. The Labute approximate surface area is 106 Å². The lowest BCUT2D eigenvalue weighted by Crippen LogP contribution is -2.03. The van der Waals surface area contributed by atoms with E-state index in [0.29, 0.717) is 5.02 Å². The van der Waals surface area contributed by atoms with E-state index in [0.717, 1.165) is 27.9 Å². The molecular weight excluding hydrogens is 234 g/mol. The van der Waals surface area contributed by atoms with E-state index >= 15 is 0 Å². The number of aromatic amines is 1. The van der Waals surface area contributed by atoms with E-state index < -0.39 is 6.10 Å². The maximum absolute atomic E-state index is 10.3. The Kier molecular flexibility index (Phi) is 3.27. The second kappa shape index (κ2) is 4.55. The van der Waals surface area contributed by atoms with Crippen LogP contribution in [0.5, 0.6) is 0 Å². The predicted molar refractivity (Wildman–Crippen MR) is 70.5 cm³/mol. The fourth-order valence-electron chi connectivity index (χ4n) is 1.91. The van der Waals surface area contributed by atoms with Crippen LogP contribution < -0.4 is 0 Å². The van der Waals surface area contributed by atoms with Gasteiger partial charge in [-0.15, -0.1) is 0 Å². The summed E-state index contributed by atoms with van der Waals surface area (Å²) in [7, 11) is 0. The van der Waals surface area contributed by atoms with Crippen molar-refractivity contribution < 1.29 is 5.11 Å². The molecule has 1 atom stereocenters. The Balaban J connectivity index is 2.43. The van der Waals surface area contributed by atoms with Crippen LogP contribution in [0.3, 0.4) is 0 Å². The van der Waals surface area contributed by atoms with Crippen LogP contribution in [-0.2, 0) is 0 Å². The van der Waals surface area contributed by atoms with Gasteiger partial charge in [0.15, 0.2) is 0 Å². The van der Waals surface area contributed by atoms with Gasteiger partial charge < -0.3 is 10.1 Å². The number of aliphatic hydroxyl groups excluding tert-OH is 1. The summed E-state index contributed by atoms with van der Waals surface area (Å²) >= 11 is 6.16. The summed E-state index contributed by atoms with van der Waals surface area (Å²) in [5, 5.41) is 10.9. The number of hydrogen-bond acceptors (Lipinski definition) is 1. The summed E-state index contributed by atoms with van der Waals surface area (Å²) in [5.74, 6) is 0. The van der Waals surface area contributed by atoms with Crippen LogP contribution in [-0.4, -0.2) is 10.1 Å². The zero-order chi connectivity index (χ0) is 12.6. The number of hydrogen-bond donors (Lipinski definition) is 2. The molecule has 0 spiro atoms. The number of aryl methyl sites for hydroxylation is 2. The van der Waals surface area contributed by atoms with E-state index in [1.165, 1.54) is 0 Å². The molecule has 1 aromatic carbocycles. The van der Waals surface area contributed by atoms with Gasteiger partial charge in [-0.05, 0) is 43.5 Å². The van der Waals surface area contributed by atoms with Crippen molar-refractivity contribution in [2.75, 3.05) is 0 Å². The number of H-pyrrole nitrogens is 1. The van der Waals surface area contributed by atoms with Crippen LogP contribution in [0.15, 0.2) is 24.4 Å². The predicted octanol–water partition coefficient (Wildman–Crippen LogP) is 3.68. The summed E-state index contributed by atoms with van der Waals surface area (Å²) in [4.78, 5) is 3.11. The van der Waals surface area contributed by atoms with Crippen molar-refractivity contribution in [3.8, 4) is 0 Å². The van der Waals surface area contributed by atoms with Gasteiger partial charge in [0.25, 0.3) is 0 Å². The Morgan fingerprint density at radius 2 is 1.94 bits per heavy atom. The lowest BCUT2D eigenvalue weighted by Gasteiger charge is -2.13. The number of aromatic nitrogens is 1. The van der Waals surface area contributed by atoms with Crippen molar-refractivity contribution in [2.24, 2.45) is 0 Å². The summed E-state index contributed by atoms with van der Waals surface area (Å²) < 4.78 is 0. The Hall–Kier alpha value is -1.25. The zero-order valence-electron chi connectivity index (χ0n) is 10.2. The standard InChI is InChI=1S/C14H16ClNO/c1-8-4-5-11(12(15)6-8)14(17)13-10(3)9(2)7-16-13/h4-7,14,16-17H,1-3H3. The molecule has 2 nitrogen and oxygen atoms in total. The van der Waals surface area contributed by atoms with Gasteiger partial charge in [0.05, 0.1) is 5.69 Å². The molecular formula is C14H16ClNO. The highest BCUT2D eigenvalue weighted by Crippen LogP contribution is 2.30. The van der Waals surface area contributed by atoms with Crippen LogP contribution in [0.2, 0.25) is 5.02 Å². The van der Waals surface area contributed by atoms with Crippen LogP contribution in [0.1, 0.15) is 34.1 Å². The smallest absolute Gasteiger partial charge is 0.120 e. The first kappa shape index (κ1) is 12.2. The van der Waals surface area contributed by atoms with Crippen molar-refractivity contribution in [3.05, 3.63) is 57.4 Å². The van der Waals surface area contributed by atoms with Crippen molar-refractivity contribution in [1.82, 2.24) is 4.98 Å². The third kappa shape index (κ3) is 2.24. The second-order valence-corrected chi connectivity index (χ2v) is 4.85. The summed E-state index contributed by atoms with van der Waals surface area (Å²) in [6, 6.07) is 5.69. The van der Waals surface area contributed by atoms with Crippen LogP contribution in [0.25, 0.3) is 0 Å². The Morgan fingerprint density at radius 1 is 1.24 bits per heavy atom.